The van der Waals surface area contributed by atoms with Crippen LogP contribution in [0.2, 0.25) is 0 Å². The van der Waals surface area contributed by atoms with Crippen molar-refractivity contribution in [2.24, 2.45) is 0 Å². The predicted octanol–water partition coefficient (Wildman–Crippen LogP) is 5.25. The van der Waals surface area contributed by atoms with E-state index in [0.29, 0.717) is 17.8 Å². The van der Waals surface area contributed by atoms with Gasteiger partial charge in [-0.3, -0.25) is 4.52 Å². The zero-order valence-electron chi connectivity index (χ0n) is 12.6. The van der Waals surface area contributed by atoms with E-state index in [-0.39, 0.29) is 12.4 Å². The first-order chi connectivity index (χ1) is 11.2. The second kappa shape index (κ2) is 8.81. The third-order valence-electron chi connectivity index (χ3n) is 2.60. The molecule has 134 valence electrons. The molecule has 0 heterocycles. The summed E-state index contributed by atoms with van der Waals surface area (Å²) in [5, 5.41) is 9.00. The Morgan fingerprint density at radius 2 is 1.58 bits per heavy atom. The average Bonchev–Trinajstić information content (AvgIpc) is 2.56. The molecule has 0 amide bonds. The van der Waals surface area contributed by atoms with Crippen molar-refractivity contribution in [1.29, 1.82) is 5.26 Å². The van der Waals surface area contributed by atoms with Crippen LogP contribution in [0.5, 0.6) is 0 Å². The quantitative estimate of drug-likeness (QED) is 0.263. The highest BCUT2D eigenvalue weighted by atomic mass is 32.7. The van der Waals surface area contributed by atoms with Crippen molar-refractivity contribution in [3.63, 3.8) is 0 Å². The highest BCUT2D eigenvalue weighted by Gasteiger charge is 2.36. The fourth-order valence-electron chi connectivity index (χ4n) is 1.58. The van der Waals surface area contributed by atoms with Gasteiger partial charge in [-0.15, -0.1) is 0 Å². The largest absolute Gasteiger partial charge is 0.390 e. The maximum absolute atomic E-state index is 13.8. The van der Waals surface area contributed by atoms with Crippen LogP contribution in [0.4, 0.5) is 22.0 Å². The topological polar surface area (TPSA) is 59.3 Å². The molecule has 4 nitrogen and oxygen atoms in total. The lowest BCUT2D eigenvalue weighted by Crippen LogP contribution is -2.12. The first kappa shape index (κ1) is 20.9. The number of nitrogens with zero attached hydrogens (tertiary/aromatic N) is 1. The van der Waals surface area contributed by atoms with E-state index in [1.165, 1.54) is 13.0 Å². The number of nitriles is 1. The molecule has 0 aliphatic heterocycles. The van der Waals surface area contributed by atoms with Crippen molar-refractivity contribution in [3.8, 4) is 6.07 Å². The van der Waals surface area contributed by atoms with E-state index in [1.54, 1.807) is 6.92 Å². The molecule has 1 aromatic rings. The molecule has 1 aromatic carbocycles. The Hall–Kier alpha value is -1.14. The minimum Gasteiger partial charge on any atom is -0.301 e. The smallest absolute Gasteiger partial charge is 0.301 e. The molecule has 2 unspecified atom stereocenters. The standard InChI is InChI=1S/C13H13F5NO3PS/c1-3-5-24-23(20,21-4-2)22-7(6-19)8-9(14)11(16)13(18)12(17)10(8)15/h7H,3-5H2,1-2H3. The molecule has 0 aliphatic rings. The van der Waals surface area contributed by atoms with Gasteiger partial charge in [0, 0.05) is 5.75 Å². The van der Waals surface area contributed by atoms with Gasteiger partial charge in [-0.05, 0) is 24.7 Å². The summed E-state index contributed by atoms with van der Waals surface area (Å²) in [6.45, 7) is -0.936. The van der Waals surface area contributed by atoms with Crippen LogP contribution in [-0.4, -0.2) is 12.4 Å². The molecule has 11 heteroatoms. The Kier molecular flexibility index (Phi) is 7.67. The van der Waals surface area contributed by atoms with Gasteiger partial charge in [0.1, 0.15) is 6.07 Å². The summed E-state index contributed by atoms with van der Waals surface area (Å²) in [6.07, 6.45) is -1.75. The SMILES string of the molecule is CCCSP(=O)(OCC)OC(C#N)c1c(F)c(F)c(F)c(F)c1F. The Morgan fingerprint density at radius 3 is 2.00 bits per heavy atom. The summed E-state index contributed by atoms with van der Waals surface area (Å²) in [4.78, 5) is 0. The number of rotatable bonds is 8. The minimum atomic E-state index is -4.03. The monoisotopic (exact) mass is 389 g/mol. The van der Waals surface area contributed by atoms with Gasteiger partial charge in [0.15, 0.2) is 29.4 Å². The molecule has 0 saturated carbocycles. The lowest BCUT2D eigenvalue weighted by atomic mass is 10.1. The zero-order valence-corrected chi connectivity index (χ0v) is 14.3. The molecule has 1 rings (SSSR count). The number of halogens is 5. The van der Waals surface area contributed by atoms with E-state index in [4.69, 9.17) is 14.3 Å². The summed E-state index contributed by atoms with van der Waals surface area (Å²) in [5.41, 5.74) is -1.51. The molecule has 0 aliphatic carbocycles. The minimum absolute atomic E-state index is 0.108. The number of benzene rings is 1. The molecule has 24 heavy (non-hydrogen) atoms. The van der Waals surface area contributed by atoms with Gasteiger partial charge in [0.05, 0.1) is 12.2 Å². The summed E-state index contributed by atoms with van der Waals surface area (Å²) in [5.74, 6) is -11.0. The Balaban J connectivity index is 3.33. The first-order valence-electron chi connectivity index (χ1n) is 6.70. The van der Waals surface area contributed by atoms with Crippen LogP contribution in [-0.2, 0) is 13.6 Å². The van der Waals surface area contributed by atoms with Gasteiger partial charge < -0.3 is 4.52 Å². The highest BCUT2D eigenvalue weighted by molar-refractivity contribution is 8.55. The van der Waals surface area contributed by atoms with Crippen LogP contribution in [0.3, 0.4) is 0 Å². The van der Waals surface area contributed by atoms with Crippen molar-refractivity contribution in [2.75, 3.05) is 12.4 Å². The van der Waals surface area contributed by atoms with Crippen molar-refractivity contribution >= 4 is 18.2 Å². The van der Waals surface area contributed by atoms with Crippen molar-refractivity contribution < 1.29 is 35.6 Å². The van der Waals surface area contributed by atoms with Crippen LogP contribution in [0.1, 0.15) is 31.9 Å². The molecule has 0 aromatic heterocycles. The summed E-state index contributed by atoms with van der Waals surface area (Å²) in [7, 11) is 0. The normalized spacial score (nSPS) is 14.9. The van der Waals surface area contributed by atoms with E-state index >= 15 is 0 Å². The Bertz CT molecular complexity index is 668. The average molecular weight is 389 g/mol. The molecule has 0 N–H and O–H groups in total. The van der Waals surface area contributed by atoms with Gasteiger partial charge in [-0.2, -0.15) is 5.26 Å². The molecule has 0 fully saturated rings. The van der Waals surface area contributed by atoms with Gasteiger partial charge in [0.25, 0.3) is 0 Å². The van der Waals surface area contributed by atoms with Crippen LogP contribution in [0.25, 0.3) is 0 Å². The van der Waals surface area contributed by atoms with Gasteiger partial charge in [-0.25, -0.2) is 26.5 Å². The number of hydrogen-bond acceptors (Lipinski definition) is 5. The van der Waals surface area contributed by atoms with Crippen LogP contribution < -0.4 is 0 Å². The van der Waals surface area contributed by atoms with Gasteiger partial charge >= 0.3 is 6.80 Å². The predicted molar refractivity (Wildman–Crippen MR) is 77.7 cm³/mol. The lowest BCUT2D eigenvalue weighted by Gasteiger charge is -2.20. The van der Waals surface area contributed by atoms with Crippen LogP contribution >= 0.6 is 18.2 Å². The summed E-state index contributed by atoms with van der Waals surface area (Å²) < 4.78 is 89.2. The summed E-state index contributed by atoms with van der Waals surface area (Å²) in [6, 6.07) is 1.24. The van der Waals surface area contributed by atoms with E-state index in [2.05, 4.69) is 0 Å². The lowest BCUT2D eigenvalue weighted by molar-refractivity contribution is 0.189. The molecule has 0 saturated heterocycles. The Labute approximate surface area is 139 Å². The first-order valence-corrected chi connectivity index (χ1v) is 9.84. The molecule has 0 bridgehead atoms. The maximum atomic E-state index is 13.8. The maximum Gasteiger partial charge on any atom is 0.390 e. The van der Waals surface area contributed by atoms with Crippen molar-refractivity contribution in [3.05, 3.63) is 34.6 Å². The second-order valence-corrected chi connectivity index (χ2v) is 8.44. The third kappa shape index (κ3) is 4.48. The van der Waals surface area contributed by atoms with E-state index in [1.807, 2.05) is 0 Å². The number of hydrogen-bond donors (Lipinski definition) is 0. The molecule has 0 spiro atoms. The zero-order chi connectivity index (χ0) is 18.5. The van der Waals surface area contributed by atoms with E-state index in [9.17, 15) is 26.5 Å². The van der Waals surface area contributed by atoms with Gasteiger partial charge in [-0.1, -0.05) is 6.92 Å². The molecule has 0 radical (unpaired) electrons. The molecular weight excluding hydrogens is 376 g/mol. The third-order valence-corrected chi connectivity index (χ3v) is 6.62. The summed E-state index contributed by atoms with van der Waals surface area (Å²) >= 11 is 0.664. The second-order valence-electron chi connectivity index (χ2n) is 4.30. The van der Waals surface area contributed by atoms with Gasteiger partial charge in [0.2, 0.25) is 5.82 Å². The Morgan fingerprint density at radius 1 is 1.08 bits per heavy atom. The van der Waals surface area contributed by atoms with Crippen LogP contribution in [0.15, 0.2) is 0 Å². The van der Waals surface area contributed by atoms with E-state index < -0.39 is 47.6 Å². The molecule has 2 atom stereocenters. The molecular formula is C13H13F5NO3PS. The fourth-order valence-corrected chi connectivity index (χ4v) is 5.11. The van der Waals surface area contributed by atoms with Crippen molar-refractivity contribution in [1.82, 2.24) is 0 Å². The fraction of sp³-hybridized carbons (Fsp3) is 0.462. The van der Waals surface area contributed by atoms with E-state index in [0.717, 1.165) is 0 Å². The van der Waals surface area contributed by atoms with Crippen LogP contribution in [0, 0.1) is 40.4 Å². The van der Waals surface area contributed by atoms with Crippen molar-refractivity contribution in [2.45, 2.75) is 26.4 Å². The highest BCUT2D eigenvalue weighted by Crippen LogP contribution is 2.63.